The molecule has 0 saturated carbocycles. The molecule has 0 spiro atoms. The summed E-state index contributed by atoms with van der Waals surface area (Å²) in [5.41, 5.74) is 0.171. The monoisotopic (exact) mass is 221 g/mol. The van der Waals surface area contributed by atoms with Crippen LogP contribution in [-0.4, -0.2) is 19.8 Å². The molecule has 1 rings (SSSR count). The molecule has 0 fully saturated rings. The smallest absolute Gasteiger partial charge is 0.229 e. The predicted octanol–water partition coefficient (Wildman–Crippen LogP) is 1.42. The van der Waals surface area contributed by atoms with E-state index in [-0.39, 0.29) is 16.5 Å². The fraction of sp³-hybridized carbons (Fsp3) is 0.143. The van der Waals surface area contributed by atoms with Crippen LogP contribution in [0.5, 0.6) is 5.75 Å². The van der Waals surface area contributed by atoms with E-state index >= 15 is 0 Å². The molecule has 6 heteroatoms. The minimum Gasteiger partial charge on any atom is -0.506 e. The topological polar surface area (TPSA) is 66.4 Å². The van der Waals surface area contributed by atoms with E-state index in [9.17, 15) is 8.42 Å². The number of aromatic hydroxyl groups is 1. The number of nitrogens with one attached hydrogen (secondary N) is 1. The number of hydrogen-bond acceptors (Lipinski definition) is 3. The third kappa shape index (κ3) is 2.78. The number of phenols is 1. The molecule has 13 heavy (non-hydrogen) atoms. The number of sulfonamides is 1. The fourth-order valence-electron chi connectivity index (χ4n) is 0.798. The van der Waals surface area contributed by atoms with Gasteiger partial charge in [0, 0.05) is 0 Å². The van der Waals surface area contributed by atoms with Crippen molar-refractivity contribution in [3.05, 3.63) is 23.2 Å². The normalized spacial score (nSPS) is 11.2. The van der Waals surface area contributed by atoms with Crippen LogP contribution in [0, 0.1) is 0 Å². The van der Waals surface area contributed by atoms with Gasteiger partial charge in [0.25, 0.3) is 0 Å². The van der Waals surface area contributed by atoms with Crippen LogP contribution < -0.4 is 4.72 Å². The molecule has 4 nitrogen and oxygen atoms in total. The molecule has 1 aromatic carbocycles. The van der Waals surface area contributed by atoms with Crippen molar-refractivity contribution in [1.29, 1.82) is 0 Å². The van der Waals surface area contributed by atoms with Crippen molar-refractivity contribution in [2.24, 2.45) is 0 Å². The average Bonchev–Trinajstić information content (AvgIpc) is 1.96. The zero-order valence-electron chi connectivity index (χ0n) is 6.78. The van der Waals surface area contributed by atoms with Gasteiger partial charge in [-0.2, -0.15) is 0 Å². The minimum atomic E-state index is -3.36. The highest BCUT2D eigenvalue weighted by Gasteiger charge is 2.08. The third-order valence-corrected chi connectivity index (χ3v) is 2.26. The number of benzene rings is 1. The van der Waals surface area contributed by atoms with Crippen molar-refractivity contribution in [3.63, 3.8) is 0 Å². The highest BCUT2D eigenvalue weighted by molar-refractivity contribution is 7.92. The summed E-state index contributed by atoms with van der Waals surface area (Å²) < 4.78 is 23.8. The Morgan fingerprint density at radius 1 is 1.46 bits per heavy atom. The molecule has 0 aliphatic heterocycles. The van der Waals surface area contributed by atoms with Crippen molar-refractivity contribution in [3.8, 4) is 5.75 Å². The SMILES string of the molecule is CS(=O)(=O)Nc1cccc(O)c1Cl. The van der Waals surface area contributed by atoms with Gasteiger partial charge in [-0.05, 0) is 12.1 Å². The molecule has 0 unspecified atom stereocenters. The first-order valence-corrected chi connectivity index (χ1v) is 5.62. The summed E-state index contributed by atoms with van der Waals surface area (Å²) in [7, 11) is -3.36. The lowest BCUT2D eigenvalue weighted by Crippen LogP contribution is -2.09. The third-order valence-electron chi connectivity index (χ3n) is 1.27. The molecular weight excluding hydrogens is 214 g/mol. The van der Waals surface area contributed by atoms with Crippen LogP contribution in [0.25, 0.3) is 0 Å². The molecule has 0 atom stereocenters. The highest BCUT2D eigenvalue weighted by Crippen LogP contribution is 2.30. The lowest BCUT2D eigenvalue weighted by Gasteiger charge is -2.06. The summed E-state index contributed by atoms with van der Waals surface area (Å²) >= 11 is 5.62. The largest absolute Gasteiger partial charge is 0.506 e. The van der Waals surface area contributed by atoms with Gasteiger partial charge in [-0.3, -0.25) is 4.72 Å². The lowest BCUT2D eigenvalue weighted by atomic mass is 10.3. The maximum Gasteiger partial charge on any atom is 0.229 e. The van der Waals surface area contributed by atoms with Crippen molar-refractivity contribution in [2.75, 3.05) is 11.0 Å². The molecule has 0 bridgehead atoms. The van der Waals surface area contributed by atoms with Crippen LogP contribution in [0.2, 0.25) is 5.02 Å². The van der Waals surface area contributed by atoms with Crippen molar-refractivity contribution >= 4 is 27.3 Å². The Morgan fingerprint density at radius 2 is 2.08 bits per heavy atom. The van der Waals surface area contributed by atoms with E-state index in [0.717, 1.165) is 6.26 Å². The Morgan fingerprint density at radius 3 is 2.62 bits per heavy atom. The molecule has 0 saturated heterocycles. The summed E-state index contributed by atoms with van der Waals surface area (Å²) in [5.74, 6) is -0.157. The first kappa shape index (κ1) is 10.1. The standard InChI is InChI=1S/C7H8ClNO3S/c1-13(11,12)9-5-3-2-4-6(10)7(5)8/h2-4,9-10H,1H3. The Bertz CT molecular complexity index is 416. The Kier molecular flexibility index (Phi) is 2.68. The molecule has 2 N–H and O–H groups in total. The van der Waals surface area contributed by atoms with Gasteiger partial charge in [-0.25, -0.2) is 8.42 Å². The second-order valence-corrected chi connectivity index (χ2v) is 4.64. The van der Waals surface area contributed by atoms with E-state index in [0.29, 0.717) is 0 Å². The van der Waals surface area contributed by atoms with Crippen LogP contribution in [0.1, 0.15) is 0 Å². The molecule has 0 aromatic heterocycles. The second kappa shape index (κ2) is 3.43. The van der Waals surface area contributed by atoms with Gasteiger partial charge in [0.15, 0.2) is 0 Å². The maximum absolute atomic E-state index is 10.8. The summed E-state index contributed by atoms with van der Waals surface area (Å²) in [6, 6.07) is 4.33. The van der Waals surface area contributed by atoms with Gasteiger partial charge < -0.3 is 5.11 Å². The van der Waals surface area contributed by atoms with Crippen molar-refractivity contribution in [1.82, 2.24) is 0 Å². The molecule has 0 aliphatic rings. The summed E-state index contributed by atoms with van der Waals surface area (Å²) in [5, 5.41) is 9.12. The molecule has 0 aliphatic carbocycles. The van der Waals surface area contributed by atoms with E-state index < -0.39 is 10.0 Å². The summed E-state index contributed by atoms with van der Waals surface area (Å²) in [6.45, 7) is 0. The van der Waals surface area contributed by atoms with Gasteiger partial charge in [0.1, 0.15) is 10.8 Å². The molecule has 0 radical (unpaired) electrons. The number of hydrogen-bond donors (Lipinski definition) is 2. The number of anilines is 1. The van der Waals surface area contributed by atoms with Crippen LogP contribution in [0.15, 0.2) is 18.2 Å². The zero-order chi connectivity index (χ0) is 10.1. The van der Waals surface area contributed by atoms with Gasteiger partial charge >= 0.3 is 0 Å². The van der Waals surface area contributed by atoms with E-state index in [1.54, 1.807) is 0 Å². The molecule has 1 aromatic rings. The number of phenolic OH excluding ortho intramolecular Hbond substituents is 1. The first-order chi connectivity index (χ1) is 5.90. The zero-order valence-corrected chi connectivity index (χ0v) is 8.35. The van der Waals surface area contributed by atoms with E-state index in [2.05, 4.69) is 4.72 Å². The van der Waals surface area contributed by atoms with Crippen LogP contribution in [-0.2, 0) is 10.0 Å². The maximum atomic E-state index is 10.8. The van der Waals surface area contributed by atoms with Crippen LogP contribution in [0.4, 0.5) is 5.69 Å². The first-order valence-electron chi connectivity index (χ1n) is 3.35. The Labute approximate surface area is 81.2 Å². The van der Waals surface area contributed by atoms with E-state index in [1.165, 1.54) is 18.2 Å². The van der Waals surface area contributed by atoms with Crippen molar-refractivity contribution in [2.45, 2.75) is 0 Å². The van der Waals surface area contributed by atoms with E-state index in [1.807, 2.05) is 0 Å². The highest BCUT2D eigenvalue weighted by atomic mass is 35.5. The summed E-state index contributed by atoms with van der Waals surface area (Å²) in [6.07, 6.45) is 1.01. The Hall–Kier alpha value is -0.940. The molecule has 0 amide bonds. The predicted molar refractivity (Wildman–Crippen MR) is 51.6 cm³/mol. The average molecular weight is 222 g/mol. The fourth-order valence-corrected chi connectivity index (χ4v) is 1.60. The Balaban J connectivity index is 3.10. The van der Waals surface area contributed by atoms with Gasteiger partial charge in [-0.15, -0.1) is 0 Å². The molecule has 72 valence electrons. The number of halogens is 1. The van der Waals surface area contributed by atoms with E-state index in [4.69, 9.17) is 16.7 Å². The van der Waals surface area contributed by atoms with Gasteiger partial charge in [0.05, 0.1) is 11.9 Å². The lowest BCUT2D eigenvalue weighted by molar-refractivity contribution is 0.476. The quantitative estimate of drug-likeness (QED) is 0.794. The number of rotatable bonds is 2. The minimum absolute atomic E-state index is 0.00655. The van der Waals surface area contributed by atoms with Crippen LogP contribution in [0.3, 0.4) is 0 Å². The van der Waals surface area contributed by atoms with Crippen LogP contribution >= 0.6 is 11.6 Å². The van der Waals surface area contributed by atoms with Gasteiger partial charge in [0.2, 0.25) is 10.0 Å². The van der Waals surface area contributed by atoms with Crippen molar-refractivity contribution < 1.29 is 13.5 Å². The molecule has 0 heterocycles. The molecular formula is C7H8ClNO3S. The second-order valence-electron chi connectivity index (χ2n) is 2.51. The summed E-state index contributed by atoms with van der Waals surface area (Å²) in [4.78, 5) is 0. The van der Waals surface area contributed by atoms with Gasteiger partial charge in [-0.1, -0.05) is 17.7 Å².